The highest BCUT2D eigenvalue weighted by molar-refractivity contribution is 5.58. The Balaban J connectivity index is 3.94. The molecule has 0 aromatic carbocycles. The normalized spacial score (nSPS) is 15.1. The van der Waals surface area contributed by atoms with Crippen molar-refractivity contribution in [1.29, 1.82) is 0 Å². The molecule has 0 amide bonds. The average Bonchev–Trinajstić information content (AvgIpc) is 1.65. The molecule has 0 aliphatic rings. The first-order valence-corrected chi connectivity index (χ1v) is 3.15. The number of carbonyl (C=O) groups excluding carboxylic acids is 1. The molecule has 9 heavy (non-hydrogen) atoms. The number of hydrogen-bond acceptors (Lipinski definition) is 2. The van der Waals surface area contributed by atoms with Crippen LogP contribution in [0.5, 0.6) is 0 Å². The van der Waals surface area contributed by atoms with E-state index in [4.69, 9.17) is 0 Å². The zero-order valence-corrected chi connectivity index (χ0v) is 6.56. The van der Waals surface area contributed by atoms with Crippen molar-refractivity contribution < 1.29 is 4.79 Å². The van der Waals surface area contributed by atoms with Gasteiger partial charge in [-0.25, -0.2) is 0 Å². The van der Waals surface area contributed by atoms with Gasteiger partial charge in [0.15, 0.2) is 0 Å². The largest absolute Gasteiger partial charge is 0.310 e. The van der Waals surface area contributed by atoms with Crippen molar-refractivity contribution in [1.82, 2.24) is 5.32 Å². The Bertz CT molecular complexity index is 93.6. The van der Waals surface area contributed by atoms with Gasteiger partial charge in [0.1, 0.15) is 6.29 Å². The first-order valence-electron chi connectivity index (χ1n) is 3.15. The number of rotatable bonds is 2. The molecule has 0 unspecified atom stereocenters. The first kappa shape index (κ1) is 8.63. The van der Waals surface area contributed by atoms with Crippen LogP contribution < -0.4 is 5.32 Å². The molecular weight excluding hydrogens is 114 g/mol. The molecule has 0 heterocycles. The highest BCUT2D eigenvalue weighted by atomic mass is 16.1. The topological polar surface area (TPSA) is 29.1 Å². The summed E-state index contributed by atoms with van der Waals surface area (Å²) in [6.45, 7) is 6.09. The fourth-order valence-corrected chi connectivity index (χ4v) is 0.705. The lowest BCUT2D eigenvalue weighted by molar-refractivity contribution is -0.111. The summed E-state index contributed by atoms with van der Waals surface area (Å²) in [6.07, 6.45) is 0.944. The second-order valence-electron chi connectivity index (χ2n) is 3.27. The molecule has 0 saturated heterocycles. The van der Waals surface area contributed by atoms with E-state index in [1.807, 2.05) is 20.8 Å². The predicted octanol–water partition coefficient (Wildman–Crippen LogP) is 0.819. The van der Waals surface area contributed by atoms with Gasteiger partial charge in [-0.2, -0.15) is 0 Å². The van der Waals surface area contributed by atoms with Crippen LogP contribution in [-0.4, -0.2) is 19.4 Å². The van der Waals surface area contributed by atoms with Crippen LogP contribution in [0, 0.1) is 5.41 Å². The summed E-state index contributed by atoms with van der Waals surface area (Å²) in [4.78, 5) is 10.3. The minimum absolute atomic E-state index is 0.0301. The van der Waals surface area contributed by atoms with Gasteiger partial charge in [0.05, 0.1) is 6.04 Å². The Kier molecular flexibility index (Phi) is 2.85. The molecule has 0 aliphatic carbocycles. The van der Waals surface area contributed by atoms with Crippen LogP contribution in [0.25, 0.3) is 0 Å². The Hall–Kier alpha value is -0.370. The van der Waals surface area contributed by atoms with Gasteiger partial charge in [0, 0.05) is 0 Å². The third kappa shape index (κ3) is 2.61. The van der Waals surface area contributed by atoms with Gasteiger partial charge >= 0.3 is 0 Å². The van der Waals surface area contributed by atoms with E-state index in [1.54, 1.807) is 7.05 Å². The zero-order chi connectivity index (χ0) is 7.49. The fourth-order valence-electron chi connectivity index (χ4n) is 0.705. The summed E-state index contributed by atoms with van der Waals surface area (Å²) >= 11 is 0. The summed E-state index contributed by atoms with van der Waals surface area (Å²) in [7, 11) is 1.80. The van der Waals surface area contributed by atoms with Crippen LogP contribution in [0.4, 0.5) is 0 Å². The lowest BCUT2D eigenvalue weighted by Gasteiger charge is -2.24. The summed E-state index contributed by atoms with van der Waals surface area (Å²) in [6, 6.07) is -0.0301. The molecule has 1 atom stereocenters. The van der Waals surface area contributed by atoms with Crippen LogP contribution in [-0.2, 0) is 4.79 Å². The molecule has 54 valence electrons. The molecule has 0 aromatic rings. The lowest BCUT2D eigenvalue weighted by atomic mass is 9.88. The van der Waals surface area contributed by atoms with E-state index < -0.39 is 0 Å². The third-order valence-electron chi connectivity index (χ3n) is 1.38. The lowest BCUT2D eigenvalue weighted by Crippen LogP contribution is -2.39. The van der Waals surface area contributed by atoms with Gasteiger partial charge in [-0.1, -0.05) is 20.8 Å². The fraction of sp³-hybridized carbons (Fsp3) is 0.857. The molecule has 0 fully saturated rings. The number of likely N-dealkylation sites (N-methyl/N-ethyl adjacent to an activating group) is 1. The molecule has 0 aliphatic heterocycles. The quantitative estimate of drug-likeness (QED) is 0.559. The van der Waals surface area contributed by atoms with Crippen LogP contribution >= 0.6 is 0 Å². The second kappa shape index (κ2) is 2.97. The van der Waals surface area contributed by atoms with Gasteiger partial charge in [-0.05, 0) is 12.5 Å². The van der Waals surface area contributed by atoms with Crippen molar-refractivity contribution in [2.24, 2.45) is 5.41 Å². The SMILES string of the molecule is CN[C@H](C=O)C(C)(C)C. The van der Waals surface area contributed by atoms with Crippen LogP contribution in [0.2, 0.25) is 0 Å². The Morgan fingerprint density at radius 3 is 1.89 bits per heavy atom. The summed E-state index contributed by atoms with van der Waals surface area (Å²) in [5.41, 5.74) is 0.0382. The number of aldehydes is 1. The van der Waals surface area contributed by atoms with Crippen molar-refractivity contribution in [3.8, 4) is 0 Å². The molecule has 1 N–H and O–H groups in total. The smallest absolute Gasteiger partial charge is 0.137 e. The highest BCUT2D eigenvalue weighted by Gasteiger charge is 2.21. The molecule has 0 bridgehead atoms. The third-order valence-corrected chi connectivity index (χ3v) is 1.38. The molecule has 0 aromatic heterocycles. The van der Waals surface area contributed by atoms with Crippen LogP contribution in [0.3, 0.4) is 0 Å². The maximum Gasteiger partial charge on any atom is 0.137 e. The highest BCUT2D eigenvalue weighted by Crippen LogP contribution is 2.16. The molecule has 2 nitrogen and oxygen atoms in total. The number of hydrogen-bond donors (Lipinski definition) is 1. The standard InChI is InChI=1S/C7H15NO/c1-7(2,3)6(5-9)8-4/h5-6,8H,1-4H3/t6-/m1/s1. The minimum atomic E-state index is -0.0301. The molecule has 0 spiro atoms. The minimum Gasteiger partial charge on any atom is -0.310 e. The number of nitrogens with one attached hydrogen (secondary N) is 1. The Labute approximate surface area is 56.6 Å². The van der Waals surface area contributed by atoms with E-state index in [-0.39, 0.29) is 11.5 Å². The van der Waals surface area contributed by atoms with Crippen molar-refractivity contribution >= 4 is 6.29 Å². The maximum absolute atomic E-state index is 10.3. The summed E-state index contributed by atoms with van der Waals surface area (Å²) in [5.74, 6) is 0. The van der Waals surface area contributed by atoms with Crippen molar-refractivity contribution in [2.45, 2.75) is 26.8 Å². The Morgan fingerprint density at radius 1 is 1.44 bits per heavy atom. The van der Waals surface area contributed by atoms with E-state index in [1.165, 1.54) is 0 Å². The van der Waals surface area contributed by atoms with Gasteiger partial charge in [-0.15, -0.1) is 0 Å². The summed E-state index contributed by atoms with van der Waals surface area (Å²) in [5, 5.41) is 2.92. The molecule has 2 heteroatoms. The van der Waals surface area contributed by atoms with Crippen molar-refractivity contribution in [2.75, 3.05) is 7.05 Å². The Morgan fingerprint density at radius 2 is 1.89 bits per heavy atom. The van der Waals surface area contributed by atoms with E-state index in [0.29, 0.717) is 0 Å². The number of carbonyl (C=O) groups is 1. The summed E-state index contributed by atoms with van der Waals surface area (Å²) < 4.78 is 0. The zero-order valence-electron chi connectivity index (χ0n) is 6.56. The van der Waals surface area contributed by atoms with Gasteiger partial charge in [-0.3, -0.25) is 0 Å². The van der Waals surface area contributed by atoms with Gasteiger partial charge in [0.2, 0.25) is 0 Å². The average molecular weight is 129 g/mol. The maximum atomic E-state index is 10.3. The van der Waals surface area contributed by atoms with Crippen molar-refractivity contribution in [3.05, 3.63) is 0 Å². The van der Waals surface area contributed by atoms with Gasteiger partial charge < -0.3 is 10.1 Å². The van der Waals surface area contributed by atoms with E-state index in [2.05, 4.69) is 5.32 Å². The second-order valence-corrected chi connectivity index (χ2v) is 3.27. The van der Waals surface area contributed by atoms with E-state index in [9.17, 15) is 4.79 Å². The van der Waals surface area contributed by atoms with E-state index >= 15 is 0 Å². The predicted molar refractivity (Wildman–Crippen MR) is 38.4 cm³/mol. The molecule has 0 saturated carbocycles. The van der Waals surface area contributed by atoms with E-state index in [0.717, 1.165) is 6.29 Å². The monoisotopic (exact) mass is 129 g/mol. The first-order chi connectivity index (χ1) is 4.02. The molecular formula is C7H15NO. The van der Waals surface area contributed by atoms with Crippen molar-refractivity contribution in [3.63, 3.8) is 0 Å². The van der Waals surface area contributed by atoms with Gasteiger partial charge in [0.25, 0.3) is 0 Å². The van der Waals surface area contributed by atoms with Crippen LogP contribution in [0.15, 0.2) is 0 Å². The molecule has 0 rings (SSSR count). The van der Waals surface area contributed by atoms with Crippen LogP contribution in [0.1, 0.15) is 20.8 Å². The molecule has 0 radical (unpaired) electrons.